The normalized spacial score (nSPS) is 10.7. The highest BCUT2D eigenvalue weighted by Gasteiger charge is 2.15. The van der Waals surface area contributed by atoms with Crippen LogP contribution in [-0.2, 0) is 0 Å². The first-order valence-electron chi connectivity index (χ1n) is 6.26. The molecule has 21 heavy (non-hydrogen) atoms. The number of halogens is 2. The van der Waals surface area contributed by atoms with E-state index in [4.69, 9.17) is 17.3 Å². The molecule has 0 atom stereocenters. The third kappa shape index (κ3) is 3.66. The van der Waals surface area contributed by atoms with Gasteiger partial charge in [-0.15, -0.1) is 0 Å². The molecule has 2 rings (SSSR count). The first-order chi connectivity index (χ1) is 9.86. The minimum Gasteiger partial charge on any atom is -0.396 e. The molecule has 110 valence electrons. The smallest absolute Gasteiger partial charge is 0.276 e. The van der Waals surface area contributed by atoms with E-state index < -0.39 is 11.7 Å². The fraction of sp³-hybridized carbons (Fsp3) is 0.214. The van der Waals surface area contributed by atoms with Crippen molar-refractivity contribution in [2.75, 3.05) is 11.1 Å². The Morgan fingerprint density at radius 3 is 2.71 bits per heavy atom. The van der Waals surface area contributed by atoms with Gasteiger partial charge >= 0.3 is 0 Å². The van der Waals surface area contributed by atoms with Crippen LogP contribution < -0.4 is 11.1 Å². The monoisotopic (exact) mass is 308 g/mol. The molecule has 0 saturated heterocycles. The minimum atomic E-state index is -0.545. The van der Waals surface area contributed by atoms with Crippen molar-refractivity contribution in [1.82, 2.24) is 9.97 Å². The van der Waals surface area contributed by atoms with E-state index in [1.807, 2.05) is 13.8 Å². The molecular weight excluding hydrogens is 295 g/mol. The number of rotatable bonds is 3. The molecule has 0 aliphatic heterocycles. The van der Waals surface area contributed by atoms with Crippen LogP contribution in [0.25, 0.3) is 0 Å². The Bertz CT molecular complexity index is 670. The summed E-state index contributed by atoms with van der Waals surface area (Å²) in [5, 5.41) is 2.70. The second-order valence-corrected chi connectivity index (χ2v) is 5.24. The Hall–Kier alpha value is -2.21. The van der Waals surface area contributed by atoms with Crippen molar-refractivity contribution in [3.05, 3.63) is 46.8 Å². The van der Waals surface area contributed by atoms with Gasteiger partial charge in [0.05, 0.1) is 11.9 Å². The number of nitrogens with two attached hydrogens (primary N) is 1. The van der Waals surface area contributed by atoms with E-state index in [-0.39, 0.29) is 28.0 Å². The van der Waals surface area contributed by atoms with Crippen molar-refractivity contribution in [3.63, 3.8) is 0 Å². The van der Waals surface area contributed by atoms with Crippen molar-refractivity contribution in [3.8, 4) is 0 Å². The molecule has 7 heteroatoms. The molecule has 3 N–H and O–H groups in total. The molecule has 1 heterocycles. The maximum absolute atomic E-state index is 13.2. The summed E-state index contributed by atoms with van der Waals surface area (Å²) in [6.07, 6.45) is 1.38. The van der Waals surface area contributed by atoms with E-state index in [0.717, 1.165) is 12.1 Å². The molecule has 0 saturated carbocycles. The number of benzene rings is 1. The van der Waals surface area contributed by atoms with Crippen LogP contribution in [0.5, 0.6) is 0 Å². The van der Waals surface area contributed by atoms with Gasteiger partial charge < -0.3 is 11.1 Å². The summed E-state index contributed by atoms with van der Waals surface area (Å²) in [5.74, 6) is -0.526. The zero-order chi connectivity index (χ0) is 15.6. The summed E-state index contributed by atoms with van der Waals surface area (Å²) in [6.45, 7) is 3.80. The quantitative estimate of drug-likeness (QED) is 0.912. The molecule has 0 fully saturated rings. The van der Waals surface area contributed by atoms with Crippen LogP contribution in [0.1, 0.15) is 36.1 Å². The molecule has 0 bridgehead atoms. The largest absolute Gasteiger partial charge is 0.396 e. The lowest BCUT2D eigenvalue weighted by Gasteiger charge is -2.10. The van der Waals surface area contributed by atoms with E-state index in [1.54, 1.807) is 0 Å². The summed E-state index contributed by atoms with van der Waals surface area (Å²) in [4.78, 5) is 20.4. The maximum Gasteiger partial charge on any atom is 0.276 e. The van der Waals surface area contributed by atoms with Gasteiger partial charge in [0.25, 0.3) is 5.91 Å². The zero-order valence-corrected chi connectivity index (χ0v) is 12.3. The number of nitrogens with one attached hydrogen (secondary N) is 1. The van der Waals surface area contributed by atoms with Crippen molar-refractivity contribution >= 4 is 28.9 Å². The fourth-order valence-electron chi connectivity index (χ4n) is 1.68. The summed E-state index contributed by atoms with van der Waals surface area (Å²) in [6, 6.07) is 3.74. The van der Waals surface area contributed by atoms with Crippen LogP contribution in [0.4, 0.5) is 15.8 Å². The number of nitrogen functional groups attached to an aromatic ring is 1. The number of anilines is 2. The van der Waals surface area contributed by atoms with E-state index in [2.05, 4.69) is 15.3 Å². The summed E-state index contributed by atoms with van der Waals surface area (Å²) >= 11 is 5.74. The van der Waals surface area contributed by atoms with Gasteiger partial charge in [-0.3, -0.25) is 4.79 Å². The highest BCUT2D eigenvalue weighted by molar-refractivity contribution is 6.31. The standard InChI is InChI=1S/C14H14ClFN4O/c1-7(2)13-18-6-11(17)12(20-13)14(21)19-10-4-8(15)3-9(16)5-10/h3-7H,17H2,1-2H3,(H,19,21). The van der Waals surface area contributed by atoms with Crippen molar-refractivity contribution in [2.45, 2.75) is 19.8 Å². The van der Waals surface area contributed by atoms with E-state index >= 15 is 0 Å². The average Bonchev–Trinajstić information content (AvgIpc) is 2.37. The van der Waals surface area contributed by atoms with Gasteiger partial charge in [-0.1, -0.05) is 25.4 Å². The zero-order valence-electron chi connectivity index (χ0n) is 11.5. The van der Waals surface area contributed by atoms with Crippen LogP contribution >= 0.6 is 11.6 Å². The third-order valence-corrected chi connectivity index (χ3v) is 2.91. The van der Waals surface area contributed by atoms with E-state index in [1.165, 1.54) is 12.3 Å². The number of carbonyl (C=O) groups excluding carboxylic acids is 1. The lowest BCUT2D eigenvalue weighted by atomic mass is 10.2. The van der Waals surface area contributed by atoms with Crippen LogP contribution in [-0.4, -0.2) is 15.9 Å². The Balaban J connectivity index is 2.29. The second kappa shape index (κ2) is 6.05. The molecular formula is C14H14ClFN4O. The minimum absolute atomic E-state index is 0.0501. The highest BCUT2D eigenvalue weighted by Crippen LogP contribution is 2.20. The van der Waals surface area contributed by atoms with Gasteiger partial charge in [0, 0.05) is 16.6 Å². The predicted molar refractivity (Wildman–Crippen MR) is 79.9 cm³/mol. The molecule has 5 nitrogen and oxygen atoms in total. The molecule has 0 aliphatic rings. The number of nitrogens with zero attached hydrogens (tertiary/aromatic N) is 2. The number of aromatic nitrogens is 2. The number of hydrogen-bond acceptors (Lipinski definition) is 4. The molecule has 0 radical (unpaired) electrons. The van der Waals surface area contributed by atoms with E-state index in [0.29, 0.717) is 5.82 Å². The molecule has 2 aromatic rings. The van der Waals surface area contributed by atoms with Crippen molar-refractivity contribution in [1.29, 1.82) is 0 Å². The fourth-order valence-corrected chi connectivity index (χ4v) is 1.90. The molecule has 0 aliphatic carbocycles. The van der Waals surface area contributed by atoms with Crippen molar-refractivity contribution < 1.29 is 9.18 Å². The number of carbonyl (C=O) groups is 1. The molecule has 0 spiro atoms. The van der Waals surface area contributed by atoms with Crippen molar-refractivity contribution in [2.24, 2.45) is 0 Å². The Morgan fingerprint density at radius 1 is 1.38 bits per heavy atom. The summed E-state index contributed by atoms with van der Waals surface area (Å²) < 4.78 is 13.2. The topological polar surface area (TPSA) is 80.9 Å². The van der Waals surface area contributed by atoms with Gasteiger partial charge in [-0.05, 0) is 18.2 Å². The summed E-state index contributed by atoms with van der Waals surface area (Å²) in [5.41, 5.74) is 6.15. The Kier molecular flexibility index (Phi) is 4.37. The SMILES string of the molecule is CC(C)c1ncc(N)c(C(=O)Nc2cc(F)cc(Cl)c2)n1. The van der Waals surface area contributed by atoms with Crippen LogP contribution in [0, 0.1) is 5.82 Å². The van der Waals surface area contributed by atoms with Crippen LogP contribution in [0.3, 0.4) is 0 Å². The van der Waals surface area contributed by atoms with Gasteiger partial charge in [0.1, 0.15) is 11.6 Å². The van der Waals surface area contributed by atoms with E-state index in [9.17, 15) is 9.18 Å². The van der Waals surface area contributed by atoms with Gasteiger partial charge in [0.15, 0.2) is 5.69 Å². The lowest BCUT2D eigenvalue weighted by Crippen LogP contribution is -2.18. The first kappa shape index (κ1) is 15.2. The molecule has 1 aromatic heterocycles. The van der Waals surface area contributed by atoms with Gasteiger partial charge in [0.2, 0.25) is 0 Å². The molecule has 0 unspecified atom stereocenters. The highest BCUT2D eigenvalue weighted by atomic mass is 35.5. The number of amides is 1. The Labute approximate surface area is 126 Å². The lowest BCUT2D eigenvalue weighted by molar-refractivity contribution is 0.102. The van der Waals surface area contributed by atoms with Gasteiger partial charge in [-0.25, -0.2) is 14.4 Å². The average molecular weight is 309 g/mol. The van der Waals surface area contributed by atoms with Crippen LogP contribution in [0.2, 0.25) is 5.02 Å². The molecule has 1 amide bonds. The predicted octanol–water partition coefficient (Wildman–Crippen LogP) is 3.23. The Morgan fingerprint density at radius 2 is 2.10 bits per heavy atom. The third-order valence-electron chi connectivity index (χ3n) is 2.69. The maximum atomic E-state index is 13.2. The van der Waals surface area contributed by atoms with Gasteiger partial charge in [-0.2, -0.15) is 0 Å². The molecule has 1 aromatic carbocycles. The number of hydrogen-bond donors (Lipinski definition) is 2. The summed E-state index contributed by atoms with van der Waals surface area (Å²) in [7, 11) is 0. The van der Waals surface area contributed by atoms with Crippen LogP contribution in [0.15, 0.2) is 24.4 Å². The second-order valence-electron chi connectivity index (χ2n) is 4.80. The first-order valence-corrected chi connectivity index (χ1v) is 6.64.